The van der Waals surface area contributed by atoms with Gasteiger partial charge in [-0.25, -0.2) is 0 Å². The van der Waals surface area contributed by atoms with E-state index in [1.807, 2.05) is 10.6 Å². The zero-order chi connectivity index (χ0) is 10.1. The molecule has 5 heteroatoms. The van der Waals surface area contributed by atoms with Crippen molar-refractivity contribution < 1.29 is 0 Å². The first kappa shape index (κ1) is 9.61. The Labute approximate surface area is 94.6 Å². The predicted octanol–water partition coefficient (Wildman–Crippen LogP) is 3.00. The van der Waals surface area contributed by atoms with Crippen LogP contribution in [0, 0.1) is 4.77 Å². The number of allylic oxidation sites excluding steroid dienone is 1. The fraction of sp³-hybridized carbons (Fsp3) is 0.111. The van der Waals surface area contributed by atoms with Gasteiger partial charge < -0.3 is 9.55 Å². The molecule has 2 rings (SSSR count). The summed E-state index contributed by atoms with van der Waals surface area (Å²) in [4.78, 5) is 7.17. The topological polar surface area (TPSA) is 33.6 Å². The Morgan fingerprint density at radius 2 is 2.50 bits per heavy atom. The lowest BCUT2D eigenvalue weighted by atomic mass is 10.4. The highest BCUT2D eigenvalue weighted by atomic mass is 79.9. The Kier molecular flexibility index (Phi) is 2.52. The van der Waals surface area contributed by atoms with Gasteiger partial charge in [-0.05, 0) is 18.3 Å². The molecule has 0 aromatic carbocycles. The van der Waals surface area contributed by atoms with Crippen LogP contribution in [-0.2, 0) is 6.54 Å². The van der Waals surface area contributed by atoms with Gasteiger partial charge in [0.1, 0.15) is 0 Å². The molecule has 0 spiro atoms. The Balaban J connectivity index is 2.68. The molecule has 72 valence electrons. The van der Waals surface area contributed by atoms with Crippen LogP contribution in [0.3, 0.4) is 0 Å². The number of halogens is 1. The summed E-state index contributed by atoms with van der Waals surface area (Å²) in [5.74, 6) is 0. The molecule has 3 nitrogen and oxygen atoms in total. The van der Waals surface area contributed by atoms with E-state index >= 15 is 0 Å². The van der Waals surface area contributed by atoms with Crippen LogP contribution in [0.2, 0.25) is 0 Å². The second-order valence-electron chi connectivity index (χ2n) is 2.93. The predicted molar refractivity (Wildman–Crippen MR) is 63.0 cm³/mol. The van der Waals surface area contributed by atoms with Crippen molar-refractivity contribution in [2.75, 3.05) is 0 Å². The smallest absolute Gasteiger partial charge is 0.178 e. The number of hydrogen-bond acceptors (Lipinski definition) is 2. The quantitative estimate of drug-likeness (QED) is 0.851. The molecule has 0 bridgehead atoms. The van der Waals surface area contributed by atoms with E-state index in [4.69, 9.17) is 12.2 Å². The molecule has 1 N–H and O–H groups in total. The van der Waals surface area contributed by atoms with E-state index in [0.717, 1.165) is 15.5 Å². The van der Waals surface area contributed by atoms with Crippen LogP contribution in [0.4, 0.5) is 0 Å². The first-order valence-corrected chi connectivity index (χ1v) is 5.24. The molecule has 0 aliphatic rings. The van der Waals surface area contributed by atoms with Crippen molar-refractivity contribution in [3.63, 3.8) is 0 Å². The number of nitrogens with one attached hydrogen (secondary N) is 1. The maximum Gasteiger partial charge on any atom is 0.178 e. The van der Waals surface area contributed by atoms with Crippen molar-refractivity contribution in [2.24, 2.45) is 0 Å². The molecule has 0 unspecified atom stereocenters. The third-order valence-corrected chi connectivity index (χ3v) is 2.48. The van der Waals surface area contributed by atoms with Crippen LogP contribution in [0.5, 0.6) is 0 Å². The molecule has 0 amide bonds. The third kappa shape index (κ3) is 1.65. The van der Waals surface area contributed by atoms with E-state index in [9.17, 15) is 0 Å². The maximum atomic E-state index is 5.19. The average Bonchev–Trinajstić information content (AvgIpc) is 2.43. The van der Waals surface area contributed by atoms with Gasteiger partial charge in [0.05, 0.1) is 23.8 Å². The zero-order valence-corrected chi connectivity index (χ0v) is 9.73. The van der Waals surface area contributed by atoms with Gasteiger partial charge in [-0.2, -0.15) is 0 Å². The fourth-order valence-electron chi connectivity index (χ4n) is 1.33. The van der Waals surface area contributed by atoms with Crippen LogP contribution in [0.1, 0.15) is 0 Å². The lowest BCUT2D eigenvalue weighted by Crippen LogP contribution is -1.96. The number of aromatic amines is 1. The van der Waals surface area contributed by atoms with Crippen LogP contribution < -0.4 is 0 Å². The number of rotatable bonds is 2. The van der Waals surface area contributed by atoms with Gasteiger partial charge in [-0.15, -0.1) is 0 Å². The van der Waals surface area contributed by atoms with Gasteiger partial charge in [0.2, 0.25) is 0 Å². The van der Waals surface area contributed by atoms with Crippen LogP contribution in [0.15, 0.2) is 29.5 Å². The lowest BCUT2D eigenvalue weighted by molar-refractivity contribution is 0.828. The van der Waals surface area contributed by atoms with Crippen molar-refractivity contribution in [3.8, 4) is 0 Å². The van der Waals surface area contributed by atoms with Crippen molar-refractivity contribution in [1.29, 1.82) is 0 Å². The summed E-state index contributed by atoms with van der Waals surface area (Å²) in [6.07, 6.45) is 3.53. The van der Waals surface area contributed by atoms with Crippen molar-refractivity contribution in [3.05, 3.63) is 34.3 Å². The average molecular weight is 270 g/mol. The van der Waals surface area contributed by atoms with Gasteiger partial charge >= 0.3 is 0 Å². The molecule has 0 aliphatic heterocycles. The minimum atomic E-state index is 0.657. The van der Waals surface area contributed by atoms with E-state index in [2.05, 4.69) is 32.5 Å². The molecule has 0 atom stereocenters. The highest BCUT2D eigenvalue weighted by molar-refractivity contribution is 9.11. The third-order valence-electron chi connectivity index (χ3n) is 1.91. The maximum absolute atomic E-state index is 5.19. The highest BCUT2D eigenvalue weighted by Gasteiger charge is 2.03. The van der Waals surface area contributed by atoms with Gasteiger partial charge in [0.25, 0.3) is 0 Å². The van der Waals surface area contributed by atoms with Gasteiger partial charge in [0, 0.05) is 10.7 Å². The summed E-state index contributed by atoms with van der Waals surface area (Å²) >= 11 is 8.51. The number of H-pyrrole nitrogens is 1. The Hall–Kier alpha value is -0.940. The first-order valence-electron chi connectivity index (χ1n) is 4.04. The zero-order valence-electron chi connectivity index (χ0n) is 7.33. The summed E-state index contributed by atoms with van der Waals surface area (Å²) in [6, 6.07) is 1.90. The molecule has 0 radical (unpaired) electrons. The fourth-order valence-corrected chi connectivity index (χ4v) is 1.85. The minimum Gasteiger partial charge on any atom is -0.330 e. The number of pyridine rings is 1. The van der Waals surface area contributed by atoms with Crippen LogP contribution in [-0.4, -0.2) is 14.5 Å². The number of aromatic nitrogens is 3. The minimum absolute atomic E-state index is 0.657. The molecular formula is C9H8BrN3S. The molecule has 0 saturated heterocycles. The molecule has 0 fully saturated rings. The first-order chi connectivity index (χ1) is 6.68. The molecule has 0 saturated carbocycles. The molecule has 0 aliphatic carbocycles. The Bertz CT molecular complexity index is 540. The second kappa shape index (κ2) is 3.67. The van der Waals surface area contributed by atoms with E-state index in [1.54, 1.807) is 12.4 Å². The number of nitrogens with zero attached hydrogens (tertiary/aromatic N) is 2. The van der Waals surface area contributed by atoms with Crippen molar-refractivity contribution in [1.82, 2.24) is 14.5 Å². The molecule has 14 heavy (non-hydrogen) atoms. The molecule has 2 heterocycles. The molecule has 2 aromatic rings. The van der Waals surface area contributed by atoms with Gasteiger partial charge in [0.15, 0.2) is 4.77 Å². The standard InChI is InChI=1S/C9H8BrN3S/c1-6(10)5-13-8-4-11-3-2-7(8)12-9(13)14/h2-4H,1,5H2,(H,12,14). The van der Waals surface area contributed by atoms with Crippen LogP contribution >= 0.6 is 28.1 Å². The van der Waals surface area contributed by atoms with E-state index in [0.29, 0.717) is 11.3 Å². The summed E-state index contributed by atoms with van der Waals surface area (Å²) in [5.41, 5.74) is 2.00. The summed E-state index contributed by atoms with van der Waals surface area (Å²) in [5, 5.41) is 0. The van der Waals surface area contributed by atoms with Crippen molar-refractivity contribution >= 4 is 39.2 Å². The van der Waals surface area contributed by atoms with E-state index in [1.165, 1.54) is 0 Å². The Morgan fingerprint density at radius 1 is 1.71 bits per heavy atom. The van der Waals surface area contributed by atoms with Crippen LogP contribution in [0.25, 0.3) is 11.0 Å². The Morgan fingerprint density at radius 3 is 3.21 bits per heavy atom. The van der Waals surface area contributed by atoms with Gasteiger partial charge in [-0.3, -0.25) is 4.98 Å². The number of fused-ring (bicyclic) bond motifs is 1. The van der Waals surface area contributed by atoms with Gasteiger partial charge in [-0.1, -0.05) is 22.5 Å². The molecule has 2 aromatic heterocycles. The highest BCUT2D eigenvalue weighted by Crippen LogP contribution is 2.15. The second-order valence-corrected chi connectivity index (χ2v) is 4.43. The van der Waals surface area contributed by atoms with E-state index in [-0.39, 0.29) is 0 Å². The molecular weight excluding hydrogens is 262 g/mol. The summed E-state index contributed by atoms with van der Waals surface area (Å²) < 4.78 is 3.53. The summed E-state index contributed by atoms with van der Waals surface area (Å²) in [6.45, 7) is 4.45. The largest absolute Gasteiger partial charge is 0.330 e. The lowest BCUT2D eigenvalue weighted by Gasteiger charge is -2.01. The van der Waals surface area contributed by atoms with Crippen molar-refractivity contribution in [2.45, 2.75) is 6.54 Å². The number of hydrogen-bond donors (Lipinski definition) is 1. The monoisotopic (exact) mass is 269 g/mol. The van der Waals surface area contributed by atoms with E-state index < -0.39 is 0 Å². The SMILES string of the molecule is C=C(Br)Cn1c(=S)[nH]c2ccncc21. The summed E-state index contributed by atoms with van der Waals surface area (Å²) in [7, 11) is 0. The number of imidazole rings is 1. The normalized spacial score (nSPS) is 10.6.